The third kappa shape index (κ3) is 2.24. The first-order valence-electron chi connectivity index (χ1n) is 7.78. The van der Waals surface area contributed by atoms with Crippen molar-refractivity contribution in [3.63, 3.8) is 0 Å². The van der Waals surface area contributed by atoms with Crippen molar-refractivity contribution in [1.29, 1.82) is 0 Å². The molecule has 2 nitrogen and oxygen atoms in total. The summed E-state index contributed by atoms with van der Waals surface area (Å²) in [6.07, 6.45) is 12.7. The van der Waals surface area contributed by atoms with Crippen LogP contribution in [0.15, 0.2) is 42.6 Å². The van der Waals surface area contributed by atoms with Gasteiger partial charge in [0.2, 0.25) is 0 Å². The van der Waals surface area contributed by atoms with Crippen LogP contribution >= 0.6 is 0 Å². The molecule has 0 saturated heterocycles. The Morgan fingerprint density at radius 3 is 2.86 bits per heavy atom. The summed E-state index contributed by atoms with van der Waals surface area (Å²) in [7, 11) is 0. The molecule has 0 spiro atoms. The zero-order chi connectivity index (χ0) is 15.0. The van der Waals surface area contributed by atoms with Gasteiger partial charge in [-0.15, -0.1) is 0 Å². The summed E-state index contributed by atoms with van der Waals surface area (Å²) in [5.74, 6) is 0.341. The van der Waals surface area contributed by atoms with Crippen molar-refractivity contribution in [2.45, 2.75) is 39.2 Å². The van der Waals surface area contributed by atoms with Gasteiger partial charge in [0.25, 0.3) is 0 Å². The Morgan fingerprint density at radius 2 is 2.19 bits per heavy atom. The van der Waals surface area contributed by atoms with E-state index in [1.165, 1.54) is 27.6 Å². The highest BCUT2D eigenvalue weighted by Gasteiger charge is 2.33. The molecule has 0 fully saturated rings. The van der Waals surface area contributed by atoms with Crippen LogP contribution in [0.3, 0.4) is 0 Å². The minimum atomic E-state index is -0.360. The fourth-order valence-electron chi connectivity index (χ4n) is 3.61. The van der Waals surface area contributed by atoms with E-state index in [2.05, 4.69) is 62.2 Å². The lowest BCUT2D eigenvalue weighted by molar-refractivity contribution is 0.361. The summed E-state index contributed by atoms with van der Waals surface area (Å²) in [5.41, 5.74) is 11.7. The summed E-state index contributed by atoms with van der Waals surface area (Å²) in [4.78, 5) is 3.37. The Bertz CT molecular complexity index is 716. The van der Waals surface area contributed by atoms with E-state index in [0.717, 1.165) is 12.8 Å². The van der Waals surface area contributed by atoms with Gasteiger partial charge in [0.1, 0.15) is 0 Å². The Kier molecular flexibility index (Phi) is 3.50. The molecule has 0 saturated carbocycles. The van der Waals surface area contributed by atoms with Gasteiger partial charge in [-0.1, -0.05) is 37.3 Å². The summed E-state index contributed by atoms with van der Waals surface area (Å²) in [6.45, 7) is 6.56. The van der Waals surface area contributed by atoms with E-state index < -0.39 is 0 Å². The van der Waals surface area contributed by atoms with Crippen molar-refractivity contribution in [3.8, 4) is 0 Å². The van der Waals surface area contributed by atoms with Crippen molar-refractivity contribution in [2.24, 2.45) is 11.7 Å². The Balaban J connectivity index is 2.22. The lowest BCUT2D eigenvalue weighted by Crippen LogP contribution is -2.41. The monoisotopic (exact) mass is 280 g/mol. The fraction of sp³-hybridized carbons (Fsp3) is 0.368. The molecule has 0 amide bonds. The van der Waals surface area contributed by atoms with Gasteiger partial charge in [-0.3, -0.25) is 0 Å². The Morgan fingerprint density at radius 1 is 1.38 bits per heavy atom. The molecular formula is C19H24N2. The number of allylic oxidation sites excluding steroid dienone is 3. The molecule has 1 heterocycles. The van der Waals surface area contributed by atoms with Crippen molar-refractivity contribution in [3.05, 3.63) is 59.3 Å². The van der Waals surface area contributed by atoms with Gasteiger partial charge in [0, 0.05) is 28.6 Å². The predicted octanol–water partition coefficient (Wildman–Crippen LogP) is 4.34. The maximum atomic E-state index is 6.87. The Hall–Kier alpha value is -1.80. The maximum absolute atomic E-state index is 6.87. The van der Waals surface area contributed by atoms with Gasteiger partial charge in [0.05, 0.1) is 0 Å². The summed E-state index contributed by atoms with van der Waals surface area (Å²) >= 11 is 0. The summed E-state index contributed by atoms with van der Waals surface area (Å²) < 4.78 is 0. The molecular weight excluding hydrogens is 256 g/mol. The summed E-state index contributed by atoms with van der Waals surface area (Å²) in [6, 6.07) is 4.46. The molecule has 0 radical (unpaired) electrons. The highest BCUT2D eigenvalue weighted by Crippen LogP contribution is 2.39. The first-order valence-corrected chi connectivity index (χ1v) is 7.78. The molecule has 2 aromatic rings. The van der Waals surface area contributed by atoms with Gasteiger partial charge >= 0.3 is 0 Å². The lowest BCUT2D eigenvalue weighted by Gasteiger charge is -2.36. The van der Waals surface area contributed by atoms with E-state index in [9.17, 15) is 0 Å². The van der Waals surface area contributed by atoms with E-state index in [4.69, 9.17) is 5.73 Å². The molecule has 1 aromatic carbocycles. The van der Waals surface area contributed by atoms with E-state index in [1.807, 2.05) is 6.20 Å². The number of aromatic nitrogens is 1. The largest absolute Gasteiger partial charge is 0.361 e. The van der Waals surface area contributed by atoms with Crippen LogP contribution in [0, 0.1) is 12.8 Å². The maximum Gasteiger partial charge on any atom is 0.0487 e. The van der Waals surface area contributed by atoms with Crippen LogP contribution in [0.5, 0.6) is 0 Å². The van der Waals surface area contributed by atoms with Crippen LogP contribution in [-0.2, 0) is 12.0 Å². The van der Waals surface area contributed by atoms with Crippen molar-refractivity contribution in [2.75, 3.05) is 0 Å². The second kappa shape index (κ2) is 5.19. The minimum Gasteiger partial charge on any atom is -0.361 e. The van der Waals surface area contributed by atoms with E-state index in [0.29, 0.717) is 5.92 Å². The molecule has 110 valence electrons. The molecule has 0 aliphatic heterocycles. The average Bonchev–Trinajstić information content (AvgIpc) is 2.97. The molecule has 2 atom stereocenters. The standard InChI is InChI=1S/C19H24N2/c1-4-14-12-13(2)18-16(10-11-21-18)17(14)19(3,20)15-8-6-5-7-9-15/h5-8,10-12,15,21H,4,9,20H2,1-3H3. The highest BCUT2D eigenvalue weighted by molar-refractivity contribution is 5.88. The first kappa shape index (κ1) is 14.2. The molecule has 1 aliphatic rings. The topological polar surface area (TPSA) is 41.8 Å². The number of rotatable bonds is 3. The number of nitrogens with one attached hydrogen (secondary N) is 1. The van der Waals surface area contributed by atoms with Crippen molar-refractivity contribution < 1.29 is 0 Å². The van der Waals surface area contributed by atoms with E-state index in [-0.39, 0.29) is 5.54 Å². The highest BCUT2D eigenvalue weighted by atomic mass is 14.8. The number of hydrogen-bond acceptors (Lipinski definition) is 1. The third-order valence-electron chi connectivity index (χ3n) is 4.79. The number of aryl methyl sites for hydroxylation is 2. The molecule has 3 rings (SSSR count). The second-order valence-electron chi connectivity index (χ2n) is 6.29. The zero-order valence-electron chi connectivity index (χ0n) is 13.1. The third-order valence-corrected chi connectivity index (χ3v) is 4.79. The lowest BCUT2D eigenvalue weighted by atomic mass is 9.73. The summed E-state index contributed by atoms with van der Waals surface area (Å²) in [5, 5.41) is 1.28. The fourth-order valence-corrected chi connectivity index (χ4v) is 3.61. The van der Waals surface area contributed by atoms with Crippen LogP contribution in [0.2, 0.25) is 0 Å². The number of nitrogens with two attached hydrogens (primary N) is 1. The molecule has 1 aliphatic carbocycles. The number of benzene rings is 1. The normalized spacial score (nSPS) is 20.9. The second-order valence-corrected chi connectivity index (χ2v) is 6.29. The van der Waals surface area contributed by atoms with Crippen LogP contribution in [0.4, 0.5) is 0 Å². The average molecular weight is 280 g/mol. The minimum absolute atomic E-state index is 0.341. The predicted molar refractivity (Wildman–Crippen MR) is 90.3 cm³/mol. The Labute approximate surface area is 126 Å². The van der Waals surface area contributed by atoms with Gasteiger partial charge in [-0.05, 0) is 49.4 Å². The molecule has 3 N–H and O–H groups in total. The SMILES string of the molecule is CCc1cc(C)c2[nH]ccc2c1C(C)(N)C1C=CC=CC1. The van der Waals surface area contributed by atoms with Crippen LogP contribution in [0.25, 0.3) is 10.9 Å². The van der Waals surface area contributed by atoms with Gasteiger partial charge in [-0.25, -0.2) is 0 Å². The quantitative estimate of drug-likeness (QED) is 0.862. The number of fused-ring (bicyclic) bond motifs is 1. The van der Waals surface area contributed by atoms with E-state index in [1.54, 1.807) is 0 Å². The van der Waals surface area contributed by atoms with Gasteiger partial charge < -0.3 is 10.7 Å². The van der Waals surface area contributed by atoms with Crippen LogP contribution < -0.4 is 5.73 Å². The number of aromatic amines is 1. The molecule has 2 unspecified atom stereocenters. The zero-order valence-corrected chi connectivity index (χ0v) is 13.1. The molecule has 2 heteroatoms. The smallest absolute Gasteiger partial charge is 0.0487 e. The van der Waals surface area contributed by atoms with Gasteiger partial charge in [-0.2, -0.15) is 0 Å². The number of H-pyrrole nitrogens is 1. The first-order chi connectivity index (χ1) is 10.1. The van der Waals surface area contributed by atoms with Crippen LogP contribution in [-0.4, -0.2) is 4.98 Å². The van der Waals surface area contributed by atoms with Crippen LogP contribution in [0.1, 0.15) is 37.0 Å². The number of hydrogen-bond donors (Lipinski definition) is 2. The molecule has 1 aromatic heterocycles. The van der Waals surface area contributed by atoms with E-state index >= 15 is 0 Å². The van der Waals surface area contributed by atoms with Crippen molar-refractivity contribution >= 4 is 10.9 Å². The molecule has 21 heavy (non-hydrogen) atoms. The van der Waals surface area contributed by atoms with Crippen molar-refractivity contribution in [1.82, 2.24) is 4.98 Å². The van der Waals surface area contributed by atoms with Gasteiger partial charge in [0.15, 0.2) is 0 Å². The molecule has 0 bridgehead atoms.